The van der Waals surface area contributed by atoms with Gasteiger partial charge in [0.2, 0.25) is 0 Å². The first kappa shape index (κ1) is 11.4. The molecule has 1 aromatic carbocycles. The second-order valence-corrected chi connectivity index (χ2v) is 4.49. The monoisotopic (exact) mass is 223 g/mol. The maximum Gasteiger partial charge on any atom is 0.123 e. The zero-order chi connectivity index (χ0) is 11.5. The molecule has 0 radical (unpaired) electrons. The molecule has 16 heavy (non-hydrogen) atoms. The first-order valence-electron chi connectivity index (χ1n) is 5.84. The van der Waals surface area contributed by atoms with Crippen molar-refractivity contribution in [2.24, 2.45) is 11.7 Å². The topological polar surface area (TPSA) is 35.2 Å². The first-order valence-corrected chi connectivity index (χ1v) is 5.84. The Morgan fingerprint density at radius 3 is 3.12 bits per heavy atom. The van der Waals surface area contributed by atoms with Crippen LogP contribution in [0, 0.1) is 11.7 Å². The Bertz CT molecular complexity index is 367. The zero-order valence-corrected chi connectivity index (χ0v) is 9.58. The molecule has 1 aromatic rings. The van der Waals surface area contributed by atoms with Gasteiger partial charge in [0.15, 0.2) is 0 Å². The number of fused-ring (bicyclic) bond motifs is 1. The minimum absolute atomic E-state index is 0.196. The number of nitrogens with two attached hydrogens (primary N) is 1. The average Bonchev–Trinajstić information content (AvgIpc) is 2.50. The lowest BCUT2D eigenvalue weighted by Gasteiger charge is -2.22. The second-order valence-electron chi connectivity index (χ2n) is 4.49. The normalized spacial score (nSPS) is 21.8. The summed E-state index contributed by atoms with van der Waals surface area (Å²) in [6, 6.07) is 4.78. The van der Waals surface area contributed by atoms with Crippen LogP contribution in [0.15, 0.2) is 18.2 Å². The van der Waals surface area contributed by atoms with E-state index in [-0.39, 0.29) is 5.82 Å². The Labute approximate surface area is 95.6 Å². The fourth-order valence-corrected chi connectivity index (χ4v) is 2.34. The maximum absolute atomic E-state index is 13.3. The first-order chi connectivity index (χ1) is 7.72. The molecule has 3 heteroatoms. The van der Waals surface area contributed by atoms with Gasteiger partial charge in [-0.05, 0) is 49.4 Å². The predicted molar refractivity (Wildman–Crippen MR) is 62.1 cm³/mol. The molecular weight excluding hydrogens is 205 g/mol. The largest absolute Gasteiger partial charge is 0.493 e. The smallest absolute Gasteiger partial charge is 0.123 e. The van der Waals surface area contributed by atoms with Crippen LogP contribution < -0.4 is 10.5 Å². The number of hydrogen-bond donors (Lipinski definition) is 1. The molecule has 0 spiro atoms. The standard InChI is InChI=1S/C13H18FNO/c1-9(8-15)11-3-2-6-16-13-5-4-10(14)7-12(11)13/h4-5,7,9,11H,2-3,6,8,15H2,1H3. The van der Waals surface area contributed by atoms with Crippen molar-refractivity contribution >= 4 is 0 Å². The van der Waals surface area contributed by atoms with E-state index in [1.54, 1.807) is 12.1 Å². The van der Waals surface area contributed by atoms with Crippen molar-refractivity contribution in [3.63, 3.8) is 0 Å². The lowest BCUT2D eigenvalue weighted by molar-refractivity contribution is 0.314. The van der Waals surface area contributed by atoms with Gasteiger partial charge in [-0.3, -0.25) is 0 Å². The Balaban J connectivity index is 2.38. The minimum atomic E-state index is -0.196. The lowest BCUT2D eigenvalue weighted by atomic mass is 9.84. The van der Waals surface area contributed by atoms with Gasteiger partial charge in [-0.15, -0.1) is 0 Å². The molecule has 1 aliphatic rings. The van der Waals surface area contributed by atoms with E-state index in [4.69, 9.17) is 10.5 Å². The van der Waals surface area contributed by atoms with Gasteiger partial charge in [0, 0.05) is 5.56 Å². The van der Waals surface area contributed by atoms with Crippen molar-refractivity contribution < 1.29 is 9.13 Å². The van der Waals surface area contributed by atoms with Crippen LogP contribution in [-0.4, -0.2) is 13.2 Å². The van der Waals surface area contributed by atoms with Crippen LogP contribution in [-0.2, 0) is 0 Å². The van der Waals surface area contributed by atoms with E-state index in [0.29, 0.717) is 25.0 Å². The van der Waals surface area contributed by atoms with Crippen molar-refractivity contribution in [1.82, 2.24) is 0 Å². The highest BCUT2D eigenvalue weighted by atomic mass is 19.1. The van der Waals surface area contributed by atoms with Crippen molar-refractivity contribution in [1.29, 1.82) is 0 Å². The van der Waals surface area contributed by atoms with Crippen LogP contribution in [0.3, 0.4) is 0 Å². The van der Waals surface area contributed by atoms with Crippen LogP contribution in [0.25, 0.3) is 0 Å². The van der Waals surface area contributed by atoms with E-state index in [9.17, 15) is 4.39 Å². The van der Waals surface area contributed by atoms with E-state index in [2.05, 4.69) is 6.92 Å². The number of halogens is 1. The Hall–Kier alpha value is -1.09. The van der Waals surface area contributed by atoms with Gasteiger partial charge in [-0.25, -0.2) is 4.39 Å². The van der Waals surface area contributed by atoms with Crippen molar-refractivity contribution in [3.05, 3.63) is 29.6 Å². The number of ether oxygens (including phenoxy) is 1. The molecule has 0 saturated carbocycles. The average molecular weight is 223 g/mol. The third-order valence-electron chi connectivity index (χ3n) is 3.35. The Morgan fingerprint density at radius 1 is 1.56 bits per heavy atom. The molecule has 0 fully saturated rings. The van der Waals surface area contributed by atoms with Crippen molar-refractivity contribution in [2.75, 3.05) is 13.2 Å². The third kappa shape index (κ3) is 2.19. The van der Waals surface area contributed by atoms with Gasteiger partial charge in [-0.2, -0.15) is 0 Å². The van der Waals surface area contributed by atoms with Gasteiger partial charge in [0.25, 0.3) is 0 Å². The van der Waals surface area contributed by atoms with Gasteiger partial charge in [0.05, 0.1) is 6.61 Å². The SMILES string of the molecule is CC(CN)C1CCCOc2ccc(F)cc21. The molecule has 1 aliphatic heterocycles. The summed E-state index contributed by atoms with van der Waals surface area (Å²) in [4.78, 5) is 0. The summed E-state index contributed by atoms with van der Waals surface area (Å²) in [5, 5.41) is 0. The molecule has 2 N–H and O–H groups in total. The maximum atomic E-state index is 13.3. The van der Waals surface area contributed by atoms with E-state index in [1.807, 2.05) is 0 Å². The highest BCUT2D eigenvalue weighted by Gasteiger charge is 2.24. The molecule has 0 bridgehead atoms. The fourth-order valence-electron chi connectivity index (χ4n) is 2.34. The van der Waals surface area contributed by atoms with Gasteiger partial charge in [0.1, 0.15) is 11.6 Å². The lowest BCUT2D eigenvalue weighted by Crippen LogP contribution is -2.19. The summed E-state index contributed by atoms with van der Waals surface area (Å²) in [6.07, 6.45) is 2.03. The molecule has 0 saturated heterocycles. The summed E-state index contributed by atoms with van der Waals surface area (Å²) < 4.78 is 18.9. The van der Waals surface area contributed by atoms with Gasteiger partial charge in [-0.1, -0.05) is 6.92 Å². The number of hydrogen-bond acceptors (Lipinski definition) is 2. The quantitative estimate of drug-likeness (QED) is 0.836. The highest BCUT2D eigenvalue weighted by molar-refractivity contribution is 5.38. The predicted octanol–water partition coefficient (Wildman–Crippen LogP) is 2.68. The second kappa shape index (κ2) is 4.83. The molecule has 2 unspecified atom stereocenters. The van der Waals surface area contributed by atoms with Crippen molar-refractivity contribution in [2.45, 2.75) is 25.7 Å². The molecule has 0 amide bonds. The number of rotatable bonds is 2. The highest BCUT2D eigenvalue weighted by Crippen LogP contribution is 2.37. The fraction of sp³-hybridized carbons (Fsp3) is 0.538. The Morgan fingerprint density at radius 2 is 2.38 bits per heavy atom. The van der Waals surface area contributed by atoms with E-state index in [1.165, 1.54) is 6.07 Å². The molecular formula is C13H18FNO. The van der Waals surface area contributed by atoms with Gasteiger partial charge >= 0.3 is 0 Å². The van der Waals surface area contributed by atoms with Gasteiger partial charge < -0.3 is 10.5 Å². The van der Waals surface area contributed by atoms with Crippen LogP contribution in [0.1, 0.15) is 31.2 Å². The summed E-state index contributed by atoms with van der Waals surface area (Å²) in [5.74, 6) is 1.31. The van der Waals surface area contributed by atoms with Crippen molar-refractivity contribution in [3.8, 4) is 5.75 Å². The summed E-state index contributed by atoms with van der Waals surface area (Å²) in [6.45, 7) is 3.46. The molecule has 0 aromatic heterocycles. The molecule has 2 atom stereocenters. The summed E-state index contributed by atoms with van der Waals surface area (Å²) in [7, 11) is 0. The van der Waals surface area contributed by atoms with E-state index in [0.717, 1.165) is 24.2 Å². The molecule has 2 rings (SSSR count). The van der Waals surface area contributed by atoms with Crippen LogP contribution in [0.2, 0.25) is 0 Å². The number of benzene rings is 1. The van der Waals surface area contributed by atoms with Crippen LogP contribution in [0.4, 0.5) is 4.39 Å². The van der Waals surface area contributed by atoms with E-state index < -0.39 is 0 Å². The summed E-state index contributed by atoms with van der Waals surface area (Å²) >= 11 is 0. The van der Waals surface area contributed by atoms with E-state index >= 15 is 0 Å². The molecule has 0 aliphatic carbocycles. The third-order valence-corrected chi connectivity index (χ3v) is 3.35. The zero-order valence-electron chi connectivity index (χ0n) is 9.58. The molecule has 2 nitrogen and oxygen atoms in total. The van der Waals surface area contributed by atoms with Crippen LogP contribution >= 0.6 is 0 Å². The molecule has 88 valence electrons. The summed E-state index contributed by atoms with van der Waals surface area (Å²) in [5.41, 5.74) is 6.70. The van der Waals surface area contributed by atoms with Crippen LogP contribution in [0.5, 0.6) is 5.75 Å². The minimum Gasteiger partial charge on any atom is -0.493 e. The molecule has 1 heterocycles. The Kier molecular flexibility index (Phi) is 3.44.